The van der Waals surface area contributed by atoms with Crippen molar-refractivity contribution in [2.75, 3.05) is 0 Å². The van der Waals surface area contributed by atoms with Crippen LogP contribution in [-0.4, -0.2) is 16.2 Å². The van der Waals surface area contributed by atoms with Crippen LogP contribution in [0.15, 0.2) is 60.7 Å². The Balaban J connectivity index is 1.94. The number of halogens is 1. The van der Waals surface area contributed by atoms with Crippen molar-refractivity contribution < 1.29 is 15.1 Å². The van der Waals surface area contributed by atoms with E-state index < -0.39 is 12.0 Å². The largest absolute Gasteiger partial charge is 0.388 e. The number of hydrogen-bond donors (Lipinski definition) is 3. The van der Waals surface area contributed by atoms with Gasteiger partial charge in [-0.1, -0.05) is 54.1 Å². The lowest BCUT2D eigenvalue weighted by Gasteiger charge is -2.10. The fourth-order valence-corrected chi connectivity index (χ4v) is 2.31. The molecule has 0 spiro atoms. The molecule has 0 heterocycles. The molecule has 0 aromatic heterocycles. The molecule has 0 aliphatic heterocycles. The number of amides is 1. The van der Waals surface area contributed by atoms with Gasteiger partial charge in [-0.15, -0.1) is 0 Å². The Hall–Kier alpha value is -2.14. The van der Waals surface area contributed by atoms with Gasteiger partial charge in [0.15, 0.2) is 0 Å². The van der Waals surface area contributed by atoms with Gasteiger partial charge in [0.05, 0.1) is 6.10 Å². The van der Waals surface area contributed by atoms with Crippen molar-refractivity contribution in [1.29, 1.82) is 0 Å². The first-order chi connectivity index (χ1) is 11.1. The van der Waals surface area contributed by atoms with E-state index in [1.807, 2.05) is 48.5 Å². The highest BCUT2D eigenvalue weighted by molar-refractivity contribution is 6.30. The summed E-state index contributed by atoms with van der Waals surface area (Å²) in [5, 5.41) is 19.2. The number of carbonyl (C=O) groups is 1. The standard InChI is InChI=1S/C18H18ClNO3/c19-16-11-9-14(10-12-16)13-5-7-15(8-6-13)17(21)3-1-2-4-18(22)20-23/h2,4-12,17,21,23H,1,3H2,(H,20,22)/b4-2+. The number of aliphatic hydroxyl groups excluding tert-OH is 1. The lowest BCUT2D eigenvalue weighted by Crippen LogP contribution is -2.14. The number of hydrogen-bond acceptors (Lipinski definition) is 3. The number of nitrogens with one attached hydrogen (secondary N) is 1. The average molecular weight is 332 g/mol. The minimum atomic E-state index is -0.601. The fourth-order valence-electron chi connectivity index (χ4n) is 2.19. The molecule has 1 amide bonds. The maximum absolute atomic E-state index is 10.8. The number of aliphatic hydroxyl groups is 1. The van der Waals surface area contributed by atoms with E-state index in [4.69, 9.17) is 16.8 Å². The van der Waals surface area contributed by atoms with Crippen molar-refractivity contribution in [3.8, 4) is 11.1 Å². The fraction of sp³-hybridized carbons (Fsp3) is 0.167. The van der Waals surface area contributed by atoms with Crippen molar-refractivity contribution in [2.45, 2.75) is 18.9 Å². The van der Waals surface area contributed by atoms with E-state index in [1.54, 1.807) is 6.08 Å². The van der Waals surface area contributed by atoms with E-state index in [2.05, 4.69) is 0 Å². The molecule has 3 N–H and O–H groups in total. The lowest BCUT2D eigenvalue weighted by atomic mass is 10.00. The smallest absolute Gasteiger partial charge is 0.267 e. The van der Waals surface area contributed by atoms with Crippen LogP contribution in [0.25, 0.3) is 11.1 Å². The normalized spacial score (nSPS) is 12.3. The van der Waals surface area contributed by atoms with Gasteiger partial charge in [-0.3, -0.25) is 10.0 Å². The first kappa shape index (κ1) is 17.2. The van der Waals surface area contributed by atoms with Gasteiger partial charge < -0.3 is 5.11 Å². The first-order valence-corrected chi connectivity index (χ1v) is 7.62. The molecule has 0 radical (unpaired) electrons. The third kappa shape index (κ3) is 5.21. The van der Waals surface area contributed by atoms with Gasteiger partial charge in [0.25, 0.3) is 5.91 Å². The van der Waals surface area contributed by atoms with Gasteiger partial charge in [0, 0.05) is 11.1 Å². The van der Waals surface area contributed by atoms with Crippen molar-refractivity contribution in [2.24, 2.45) is 0 Å². The summed E-state index contributed by atoms with van der Waals surface area (Å²) in [6.45, 7) is 0. The Morgan fingerprint density at radius 1 is 1.09 bits per heavy atom. The minimum Gasteiger partial charge on any atom is -0.388 e. The van der Waals surface area contributed by atoms with Crippen molar-refractivity contribution in [3.63, 3.8) is 0 Å². The predicted octanol–water partition coefficient (Wildman–Crippen LogP) is 3.88. The predicted molar refractivity (Wildman–Crippen MR) is 90.2 cm³/mol. The SMILES string of the molecule is O=C(/C=C/CCC(O)c1ccc(-c2ccc(Cl)cc2)cc1)NO. The zero-order valence-corrected chi connectivity index (χ0v) is 13.2. The molecule has 5 heteroatoms. The Morgan fingerprint density at radius 3 is 2.22 bits per heavy atom. The molecule has 2 rings (SSSR count). The third-order valence-electron chi connectivity index (χ3n) is 3.46. The molecular weight excluding hydrogens is 314 g/mol. The van der Waals surface area contributed by atoms with Crippen LogP contribution in [0, 0.1) is 0 Å². The average Bonchev–Trinajstić information content (AvgIpc) is 2.59. The number of rotatable bonds is 6. The van der Waals surface area contributed by atoms with Gasteiger partial charge in [0.2, 0.25) is 0 Å². The topological polar surface area (TPSA) is 69.6 Å². The molecule has 4 nitrogen and oxygen atoms in total. The van der Waals surface area contributed by atoms with E-state index in [0.29, 0.717) is 17.9 Å². The molecule has 0 fully saturated rings. The van der Waals surface area contributed by atoms with Crippen molar-refractivity contribution in [3.05, 3.63) is 71.3 Å². The molecule has 0 saturated carbocycles. The second-order valence-corrected chi connectivity index (χ2v) is 5.54. The van der Waals surface area contributed by atoms with Gasteiger partial charge in [-0.05, 0) is 41.7 Å². The van der Waals surface area contributed by atoms with Crippen LogP contribution in [-0.2, 0) is 4.79 Å². The Bertz CT molecular complexity index is 666. The Morgan fingerprint density at radius 2 is 1.65 bits per heavy atom. The highest BCUT2D eigenvalue weighted by Gasteiger charge is 2.07. The van der Waals surface area contributed by atoms with Crippen LogP contribution in [0.1, 0.15) is 24.5 Å². The number of allylic oxidation sites excluding steroid dienone is 1. The zero-order chi connectivity index (χ0) is 16.7. The molecule has 0 aliphatic rings. The number of carbonyl (C=O) groups excluding carboxylic acids is 1. The van der Waals surface area contributed by atoms with Crippen LogP contribution < -0.4 is 5.48 Å². The minimum absolute atomic E-state index is 0.496. The van der Waals surface area contributed by atoms with E-state index >= 15 is 0 Å². The van der Waals surface area contributed by atoms with Gasteiger partial charge in [-0.2, -0.15) is 0 Å². The highest BCUT2D eigenvalue weighted by atomic mass is 35.5. The van der Waals surface area contributed by atoms with Crippen LogP contribution in [0.4, 0.5) is 0 Å². The van der Waals surface area contributed by atoms with Crippen molar-refractivity contribution >= 4 is 17.5 Å². The monoisotopic (exact) mass is 331 g/mol. The summed E-state index contributed by atoms with van der Waals surface area (Å²) < 4.78 is 0. The molecule has 0 aliphatic carbocycles. The molecule has 23 heavy (non-hydrogen) atoms. The zero-order valence-electron chi connectivity index (χ0n) is 12.4. The molecular formula is C18H18ClNO3. The molecule has 1 unspecified atom stereocenters. The van der Waals surface area contributed by atoms with Crippen LogP contribution in [0.3, 0.4) is 0 Å². The molecule has 2 aromatic carbocycles. The summed E-state index contributed by atoms with van der Waals surface area (Å²) in [5.41, 5.74) is 4.45. The Labute approximate surface area is 140 Å². The van der Waals surface area contributed by atoms with Gasteiger partial charge in [-0.25, -0.2) is 5.48 Å². The molecule has 0 bridgehead atoms. The Kier molecular flexibility index (Phi) is 6.35. The van der Waals surface area contributed by atoms with Gasteiger partial charge >= 0.3 is 0 Å². The molecule has 120 valence electrons. The quantitative estimate of drug-likeness (QED) is 0.427. The van der Waals surface area contributed by atoms with Crippen LogP contribution >= 0.6 is 11.6 Å². The van der Waals surface area contributed by atoms with E-state index in [-0.39, 0.29) is 0 Å². The van der Waals surface area contributed by atoms with Gasteiger partial charge in [0.1, 0.15) is 0 Å². The maximum Gasteiger partial charge on any atom is 0.267 e. The second-order valence-electron chi connectivity index (χ2n) is 5.10. The maximum atomic E-state index is 10.8. The summed E-state index contributed by atoms with van der Waals surface area (Å²) in [6.07, 6.45) is 3.27. The molecule has 0 saturated heterocycles. The second kappa shape index (κ2) is 8.48. The van der Waals surface area contributed by atoms with Crippen LogP contribution in [0.2, 0.25) is 5.02 Å². The van der Waals surface area contributed by atoms with Crippen LogP contribution in [0.5, 0.6) is 0 Å². The summed E-state index contributed by atoms with van der Waals surface area (Å²) in [5.74, 6) is -0.577. The summed E-state index contributed by atoms with van der Waals surface area (Å²) in [7, 11) is 0. The first-order valence-electron chi connectivity index (χ1n) is 7.24. The van der Waals surface area contributed by atoms with E-state index in [1.165, 1.54) is 11.6 Å². The summed E-state index contributed by atoms with van der Waals surface area (Å²) in [4.78, 5) is 10.8. The third-order valence-corrected chi connectivity index (χ3v) is 3.71. The summed E-state index contributed by atoms with van der Waals surface area (Å²) >= 11 is 5.88. The molecule has 1 atom stereocenters. The highest BCUT2D eigenvalue weighted by Crippen LogP contribution is 2.25. The number of benzene rings is 2. The van der Waals surface area contributed by atoms with E-state index in [0.717, 1.165) is 16.7 Å². The number of hydroxylamine groups is 1. The molecule has 2 aromatic rings. The summed E-state index contributed by atoms with van der Waals surface area (Å²) in [6, 6.07) is 15.3. The lowest BCUT2D eigenvalue weighted by molar-refractivity contribution is -0.124. The van der Waals surface area contributed by atoms with Crippen molar-refractivity contribution in [1.82, 2.24) is 5.48 Å². The van der Waals surface area contributed by atoms with E-state index in [9.17, 15) is 9.90 Å².